The second kappa shape index (κ2) is 8.62. The molecule has 2 saturated heterocycles. The molecule has 3 heterocycles. The molecule has 1 aromatic rings. The number of aromatic nitrogens is 1. The first-order valence-electron chi connectivity index (χ1n) is 9.55. The summed E-state index contributed by atoms with van der Waals surface area (Å²) >= 11 is 0. The smallest absolute Gasteiger partial charge is 0.223 e. The summed E-state index contributed by atoms with van der Waals surface area (Å²) in [4.78, 5) is 32.9. The highest BCUT2D eigenvalue weighted by atomic mass is 16.5. The summed E-state index contributed by atoms with van der Waals surface area (Å²) in [5, 5.41) is 0. The van der Waals surface area contributed by atoms with Crippen molar-refractivity contribution in [2.24, 2.45) is 5.41 Å². The molecule has 3 rings (SSSR count). The van der Waals surface area contributed by atoms with Gasteiger partial charge in [-0.2, -0.15) is 0 Å². The molecule has 26 heavy (non-hydrogen) atoms. The van der Waals surface area contributed by atoms with Crippen molar-refractivity contribution in [3.63, 3.8) is 0 Å². The van der Waals surface area contributed by atoms with Crippen LogP contribution in [0.2, 0.25) is 0 Å². The lowest BCUT2D eigenvalue weighted by Crippen LogP contribution is -2.44. The number of aryl methyl sites for hydroxylation is 1. The van der Waals surface area contributed by atoms with E-state index in [0.29, 0.717) is 19.4 Å². The summed E-state index contributed by atoms with van der Waals surface area (Å²) < 4.78 is 5.08. The molecule has 2 aliphatic rings. The first-order chi connectivity index (χ1) is 12.6. The molecule has 0 aromatic carbocycles. The number of ether oxygens (including phenoxy) is 1. The van der Waals surface area contributed by atoms with Gasteiger partial charge in [-0.1, -0.05) is 6.07 Å². The summed E-state index contributed by atoms with van der Waals surface area (Å²) in [5.41, 5.74) is 1.17. The van der Waals surface area contributed by atoms with Crippen LogP contribution in [-0.2, 0) is 20.7 Å². The number of rotatable bonds is 7. The predicted molar refractivity (Wildman–Crippen MR) is 98.5 cm³/mol. The van der Waals surface area contributed by atoms with Gasteiger partial charge in [0.25, 0.3) is 0 Å². The quantitative estimate of drug-likeness (QED) is 0.698. The number of amides is 2. The average molecular weight is 359 g/mol. The largest absolute Gasteiger partial charge is 0.385 e. The molecule has 0 unspecified atom stereocenters. The van der Waals surface area contributed by atoms with Crippen LogP contribution in [0.25, 0.3) is 0 Å². The van der Waals surface area contributed by atoms with E-state index in [9.17, 15) is 9.59 Å². The van der Waals surface area contributed by atoms with Crippen molar-refractivity contribution >= 4 is 11.8 Å². The Kier molecular flexibility index (Phi) is 6.25. The van der Waals surface area contributed by atoms with Crippen molar-refractivity contribution in [1.82, 2.24) is 14.8 Å². The standard InChI is InChI=1S/C20H29N3O3/c1-26-13-3-10-23-16-20(14-19(23)25)7-11-22(12-8-20)18(24)6-5-17-4-2-9-21-15-17/h2,4,9,15H,3,5-8,10-14,16H2,1H3. The Morgan fingerprint density at radius 2 is 2.15 bits per heavy atom. The van der Waals surface area contributed by atoms with E-state index in [-0.39, 0.29) is 17.2 Å². The second-order valence-corrected chi connectivity index (χ2v) is 7.58. The molecule has 0 bridgehead atoms. The number of nitrogens with zero attached hydrogens (tertiary/aromatic N) is 3. The lowest BCUT2D eigenvalue weighted by atomic mass is 9.77. The Morgan fingerprint density at radius 3 is 2.85 bits per heavy atom. The summed E-state index contributed by atoms with van der Waals surface area (Å²) in [6.45, 7) is 3.85. The molecule has 2 amide bonds. The topological polar surface area (TPSA) is 62.7 Å². The van der Waals surface area contributed by atoms with Crippen LogP contribution < -0.4 is 0 Å². The molecule has 1 aromatic heterocycles. The number of carbonyl (C=O) groups is 2. The van der Waals surface area contributed by atoms with Crippen LogP contribution in [0.3, 0.4) is 0 Å². The van der Waals surface area contributed by atoms with E-state index in [1.165, 1.54) is 0 Å². The molecule has 2 aliphatic heterocycles. The Balaban J connectivity index is 1.45. The van der Waals surface area contributed by atoms with Gasteiger partial charge < -0.3 is 14.5 Å². The van der Waals surface area contributed by atoms with Gasteiger partial charge in [0.1, 0.15) is 0 Å². The van der Waals surface area contributed by atoms with Gasteiger partial charge in [0.05, 0.1) is 0 Å². The molecule has 6 nitrogen and oxygen atoms in total. The summed E-state index contributed by atoms with van der Waals surface area (Å²) in [7, 11) is 1.69. The molecule has 142 valence electrons. The van der Waals surface area contributed by atoms with Crippen molar-refractivity contribution in [3.05, 3.63) is 30.1 Å². The fourth-order valence-electron chi connectivity index (χ4n) is 4.11. The third kappa shape index (κ3) is 4.61. The third-order valence-electron chi connectivity index (χ3n) is 5.71. The first kappa shape index (κ1) is 18.8. The molecule has 0 atom stereocenters. The van der Waals surface area contributed by atoms with Crippen LogP contribution in [0.5, 0.6) is 0 Å². The summed E-state index contributed by atoms with van der Waals surface area (Å²) in [6.07, 6.45) is 8.21. The van der Waals surface area contributed by atoms with Crippen molar-refractivity contribution in [3.8, 4) is 0 Å². The number of hydrogen-bond acceptors (Lipinski definition) is 4. The molecule has 0 N–H and O–H groups in total. The zero-order chi connectivity index (χ0) is 18.4. The van der Waals surface area contributed by atoms with Crippen molar-refractivity contribution in [1.29, 1.82) is 0 Å². The van der Waals surface area contributed by atoms with E-state index in [1.54, 1.807) is 13.3 Å². The maximum Gasteiger partial charge on any atom is 0.223 e. The number of piperidine rings is 1. The van der Waals surface area contributed by atoms with E-state index in [2.05, 4.69) is 4.98 Å². The van der Waals surface area contributed by atoms with E-state index >= 15 is 0 Å². The van der Waals surface area contributed by atoms with E-state index in [1.807, 2.05) is 28.1 Å². The normalized spacial score (nSPS) is 19.3. The molecule has 0 aliphatic carbocycles. The van der Waals surface area contributed by atoms with Gasteiger partial charge >= 0.3 is 0 Å². The minimum atomic E-state index is 0.0737. The van der Waals surface area contributed by atoms with Gasteiger partial charge in [-0.3, -0.25) is 14.6 Å². The Hall–Kier alpha value is -1.95. The fraction of sp³-hybridized carbons (Fsp3) is 0.650. The van der Waals surface area contributed by atoms with Crippen LogP contribution in [0.4, 0.5) is 0 Å². The van der Waals surface area contributed by atoms with E-state index in [4.69, 9.17) is 4.74 Å². The SMILES string of the molecule is COCCCN1CC2(CCN(C(=O)CCc3cccnc3)CC2)CC1=O. The highest BCUT2D eigenvalue weighted by molar-refractivity contribution is 5.80. The number of hydrogen-bond donors (Lipinski definition) is 0. The van der Waals surface area contributed by atoms with Gasteiger partial charge in [0, 0.05) is 70.5 Å². The van der Waals surface area contributed by atoms with Crippen molar-refractivity contribution in [2.75, 3.05) is 39.9 Å². The first-order valence-corrected chi connectivity index (χ1v) is 9.55. The van der Waals surface area contributed by atoms with Gasteiger partial charge in [-0.05, 0) is 37.3 Å². The molecule has 0 saturated carbocycles. The predicted octanol–water partition coefficient (Wildman–Crippen LogP) is 1.89. The van der Waals surface area contributed by atoms with Crippen molar-refractivity contribution in [2.45, 2.75) is 38.5 Å². The molecule has 6 heteroatoms. The lowest BCUT2D eigenvalue weighted by molar-refractivity contribution is -0.133. The maximum atomic E-state index is 12.5. The van der Waals surface area contributed by atoms with Gasteiger partial charge in [-0.25, -0.2) is 0 Å². The van der Waals surface area contributed by atoms with Crippen LogP contribution in [-0.4, -0.2) is 66.5 Å². The zero-order valence-electron chi connectivity index (χ0n) is 15.7. The Labute approximate surface area is 155 Å². The molecule has 1 spiro atoms. The van der Waals surface area contributed by atoms with Crippen LogP contribution in [0, 0.1) is 5.41 Å². The van der Waals surface area contributed by atoms with Gasteiger partial charge in [-0.15, -0.1) is 0 Å². The molecular weight excluding hydrogens is 330 g/mol. The number of methoxy groups -OCH3 is 1. The maximum absolute atomic E-state index is 12.5. The Bertz CT molecular complexity index is 612. The average Bonchev–Trinajstić information content (AvgIpc) is 2.96. The molecular formula is C20H29N3O3. The van der Waals surface area contributed by atoms with Crippen LogP contribution in [0.15, 0.2) is 24.5 Å². The fourth-order valence-corrected chi connectivity index (χ4v) is 4.11. The van der Waals surface area contributed by atoms with Crippen LogP contribution in [0.1, 0.15) is 37.7 Å². The second-order valence-electron chi connectivity index (χ2n) is 7.58. The number of carbonyl (C=O) groups excluding carboxylic acids is 2. The minimum Gasteiger partial charge on any atom is -0.385 e. The summed E-state index contributed by atoms with van der Waals surface area (Å²) in [6, 6.07) is 3.91. The van der Waals surface area contributed by atoms with Crippen molar-refractivity contribution < 1.29 is 14.3 Å². The van der Waals surface area contributed by atoms with Crippen LogP contribution >= 0.6 is 0 Å². The zero-order valence-corrected chi connectivity index (χ0v) is 15.7. The lowest BCUT2D eigenvalue weighted by Gasteiger charge is -2.39. The molecule has 2 fully saturated rings. The molecule has 0 radical (unpaired) electrons. The highest BCUT2D eigenvalue weighted by Gasteiger charge is 2.45. The third-order valence-corrected chi connectivity index (χ3v) is 5.71. The Morgan fingerprint density at radius 1 is 1.35 bits per heavy atom. The van der Waals surface area contributed by atoms with E-state index in [0.717, 1.165) is 57.4 Å². The van der Waals surface area contributed by atoms with Gasteiger partial charge in [0.15, 0.2) is 0 Å². The minimum absolute atomic E-state index is 0.0737. The summed E-state index contributed by atoms with van der Waals surface area (Å²) in [5.74, 6) is 0.474. The monoisotopic (exact) mass is 359 g/mol. The number of pyridine rings is 1. The highest BCUT2D eigenvalue weighted by Crippen LogP contribution is 2.41. The number of likely N-dealkylation sites (tertiary alicyclic amines) is 2. The van der Waals surface area contributed by atoms with E-state index < -0.39 is 0 Å². The van der Waals surface area contributed by atoms with Gasteiger partial charge in [0.2, 0.25) is 11.8 Å².